The van der Waals surface area contributed by atoms with Crippen molar-refractivity contribution in [2.24, 2.45) is 0 Å². The second-order valence-electron chi connectivity index (χ2n) is 4.97. The summed E-state index contributed by atoms with van der Waals surface area (Å²) in [6.07, 6.45) is 1.82. The number of amides is 1. The van der Waals surface area contributed by atoms with Gasteiger partial charge in [-0.2, -0.15) is 0 Å². The minimum Gasteiger partial charge on any atom is -0.478 e. The minimum atomic E-state index is -0.980. The molecular formula is C17H14N2O3. The fourth-order valence-corrected chi connectivity index (χ4v) is 2.29. The van der Waals surface area contributed by atoms with E-state index in [0.717, 1.165) is 16.5 Å². The van der Waals surface area contributed by atoms with E-state index in [9.17, 15) is 9.59 Å². The molecule has 5 nitrogen and oxygen atoms in total. The molecule has 0 bridgehead atoms. The zero-order chi connectivity index (χ0) is 15.5. The number of benzene rings is 2. The number of carboxylic acid groups (broad SMARTS) is 1. The first-order valence-corrected chi connectivity index (χ1v) is 6.81. The van der Waals surface area contributed by atoms with Gasteiger partial charge in [0.05, 0.1) is 5.56 Å². The molecule has 0 unspecified atom stereocenters. The van der Waals surface area contributed by atoms with Crippen molar-refractivity contribution in [3.8, 4) is 0 Å². The number of aromatic nitrogens is 1. The second-order valence-corrected chi connectivity index (χ2v) is 4.97. The first-order valence-electron chi connectivity index (χ1n) is 6.81. The van der Waals surface area contributed by atoms with Crippen molar-refractivity contribution in [3.63, 3.8) is 0 Å². The Hall–Kier alpha value is -3.08. The van der Waals surface area contributed by atoms with Crippen LogP contribution in [0.25, 0.3) is 10.9 Å². The molecule has 3 aromatic rings. The van der Waals surface area contributed by atoms with Gasteiger partial charge in [0.25, 0.3) is 5.91 Å². The lowest BCUT2D eigenvalue weighted by Crippen LogP contribution is -2.22. The van der Waals surface area contributed by atoms with Crippen LogP contribution in [0.2, 0.25) is 0 Å². The lowest BCUT2D eigenvalue weighted by molar-refractivity contribution is 0.0696. The maximum Gasteiger partial charge on any atom is 0.335 e. The van der Waals surface area contributed by atoms with Crippen LogP contribution in [0.4, 0.5) is 0 Å². The Kier molecular flexibility index (Phi) is 3.62. The molecule has 3 N–H and O–H groups in total. The Morgan fingerprint density at radius 2 is 1.91 bits per heavy atom. The Morgan fingerprint density at radius 3 is 2.73 bits per heavy atom. The van der Waals surface area contributed by atoms with Crippen LogP contribution in [0.5, 0.6) is 0 Å². The van der Waals surface area contributed by atoms with Gasteiger partial charge in [-0.1, -0.05) is 12.1 Å². The summed E-state index contributed by atoms with van der Waals surface area (Å²) in [5.41, 5.74) is 2.50. The molecule has 110 valence electrons. The lowest BCUT2D eigenvalue weighted by atomic mass is 10.1. The summed E-state index contributed by atoms with van der Waals surface area (Å²) >= 11 is 0. The van der Waals surface area contributed by atoms with Gasteiger partial charge in [-0.15, -0.1) is 0 Å². The Bertz CT molecular complexity index is 852. The fraction of sp³-hybridized carbons (Fsp3) is 0.0588. The van der Waals surface area contributed by atoms with Crippen LogP contribution in [0.3, 0.4) is 0 Å². The Balaban J connectivity index is 1.71. The molecule has 0 atom stereocenters. The average Bonchev–Trinajstić information content (AvgIpc) is 3.00. The number of carboxylic acids is 1. The summed E-state index contributed by atoms with van der Waals surface area (Å²) in [5, 5.41) is 12.7. The molecule has 1 heterocycles. The molecule has 0 spiro atoms. The van der Waals surface area contributed by atoms with E-state index in [-0.39, 0.29) is 18.0 Å². The molecule has 1 aromatic heterocycles. The van der Waals surface area contributed by atoms with Crippen molar-refractivity contribution >= 4 is 22.8 Å². The third-order valence-corrected chi connectivity index (χ3v) is 3.44. The van der Waals surface area contributed by atoms with Crippen LogP contribution < -0.4 is 5.32 Å². The minimum absolute atomic E-state index is 0.191. The number of nitrogens with one attached hydrogen (secondary N) is 2. The molecular weight excluding hydrogens is 280 g/mol. The quantitative estimate of drug-likeness (QED) is 0.692. The number of aromatic amines is 1. The van der Waals surface area contributed by atoms with E-state index >= 15 is 0 Å². The highest BCUT2D eigenvalue weighted by atomic mass is 16.4. The predicted octanol–water partition coefficient (Wildman–Crippen LogP) is 2.80. The van der Waals surface area contributed by atoms with Crippen molar-refractivity contribution in [2.75, 3.05) is 0 Å². The Labute approximate surface area is 126 Å². The number of H-pyrrole nitrogens is 1. The van der Waals surface area contributed by atoms with E-state index in [0.29, 0.717) is 5.56 Å². The molecule has 5 heteroatoms. The van der Waals surface area contributed by atoms with E-state index in [1.54, 1.807) is 24.3 Å². The van der Waals surface area contributed by atoms with Gasteiger partial charge in [0.2, 0.25) is 0 Å². The van der Waals surface area contributed by atoms with E-state index in [2.05, 4.69) is 10.3 Å². The van der Waals surface area contributed by atoms with Crippen LogP contribution in [0.15, 0.2) is 54.7 Å². The van der Waals surface area contributed by atoms with Crippen molar-refractivity contribution < 1.29 is 14.7 Å². The van der Waals surface area contributed by atoms with Crippen LogP contribution in [0, 0.1) is 0 Å². The predicted molar refractivity (Wildman–Crippen MR) is 82.9 cm³/mol. The van der Waals surface area contributed by atoms with E-state index in [1.807, 2.05) is 24.4 Å². The summed E-state index contributed by atoms with van der Waals surface area (Å²) in [5.74, 6) is -1.17. The maximum atomic E-state index is 12.2. The van der Waals surface area contributed by atoms with Gasteiger partial charge in [0.1, 0.15) is 0 Å². The number of rotatable bonds is 4. The number of fused-ring (bicyclic) bond motifs is 1. The molecule has 2 aromatic carbocycles. The average molecular weight is 294 g/mol. The number of carbonyl (C=O) groups excluding carboxylic acids is 1. The van der Waals surface area contributed by atoms with Crippen molar-refractivity contribution in [2.45, 2.75) is 6.54 Å². The fourth-order valence-electron chi connectivity index (χ4n) is 2.29. The molecule has 22 heavy (non-hydrogen) atoms. The van der Waals surface area contributed by atoms with Crippen molar-refractivity contribution in [1.29, 1.82) is 0 Å². The van der Waals surface area contributed by atoms with E-state index in [4.69, 9.17) is 5.11 Å². The first kappa shape index (κ1) is 13.9. The van der Waals surface area contributed by atoms with Gasteiger partial charge >= 0.3 is 5.97 Å². The molecule has 1 amide bonds. The molecule has 0 aliphatic heterocycles. The van der Waals surface area contributed by atoms with Crippen LogP contribution in [-0.2, 0) is 6.54 Å². The topological polar surface area (TPSA) is 82.2 Å². The number of carbonyl (C=O) groups is 2. The largest absolute Gasteiger partial charge is 0.478 e. The zero-order valence-electron chi connectivity index (χ0n) is 11.7. The monoisotopic (exact) mass is 294 g/mol. The molecule has 0 fully saturated rings. The van der Waals surface area contributed by atoms with Gasteiger partial charge in [-0.25, -0.2) is 4.79 Å². The highest BCUT2D eigenvalue weighted by Crippen LogP contribution is 2.14. The summed E-state index contributed by atoms with van der Waals surface area (Å²) in [6.45, 7) is 0.283. The van der Waals surface area contributed by atoms with Gasteiger partial charge < -0.3 is 15.4 Å². The summed E-state index contributed by atoms with van der Waals surface area (Å²) in [7, 11) is 0. The number of hydrogen-bond acceptors (Lipinski definition) is 2. The van der Waals surface area contributed by atoms with Gasteiger partial charge in [-0.05, 0) is 42.0 Å². The molecule has 0 radical (unpaired) electrons. The molecule has 0 aliphatic carbocycles. The van der Waals surface area contributed by atoms with Crippen LogP contribution in [0.1, 0.15) is 26.3 Å². The molecule has 0 aliphatic rings. The Morgan fingerprint density at radius 1 is 1.05 bits per heavy atom. The van der Waals surface area contributed by atoms with Crippen LogP contribution in [-0.4, -0.2) is 22.0 Å². The van der Waals surface area contributed by atoms with Gasteiger partial charge in [0, 0.05) is 29.2 Å². The highest BCUT2D eigenvalue weighted by Gasteiger charge is 2.08. The third-order valence-electron chi connectivity index (χ3n) is 3.44. The number of aromatic carboxylic acids is 1. The number of hydrogen-bond donors (Lipinski definition) is 3. The molecule has 0 saturated carbocycles. The summed E-state index contributed by atoms with van der Waals surface area (Å²) in [4.78, 5) is 26.2. The van der Waals surface area contributed by atoms with Gasteiger partial charge in [-0.3, -0.25) is 4.79 Å². The molecule has 3 rings (SSSR count). The summed E-state index contributed by atoms with van der Waals surface area (Å²) < 4.78 is 0. The highest BCUT2D eigenvalue weighted by molar-refractivity contribution is 5.98. The van der Waals surface area contributed by atoms with E-state index in [1.165, 1.54) is 6.07 Å². The second kappa shape index (κ2) is 5.73. The van der Waals surface area contributed by atoms with Crippen molar-refractivity contribution in [3.05, 3.63) is 71.4 Å². The lowest BCUT2D eigenvalue weighted by Gasteiger charge is -2.06. The SMILES string of the molecule is O=C(O)c1cccc(CNC(=O)c2ccc3[nH]ccc3c2)c1. The maximum absolute atomic E-state index is 12.2. The van der Waals surface area contributed by atoms with Crippen LogP contribution >= 0.6 is 0 Å². The standard InChI is InChI=1S/C17H14N2O3/c20-16(13-4-5-15-12(9-13)6-7-18-15)19-10-11-2-1-3-14(8-11)17(21)22/h1-9,18H,10H2,(H,19,20)(H,21,22). The normalized spacial score (nSPS) is 10.5. The van der Waals surface area contributed by atoms with Gasteiger partial charge in [0.15, 0.2) is 0 Å². The summed E-state index contributed by atoms with van der Waals surface area (Å²) in [6, 6.07) is 13.8. The van der Waals surface area contributed by atoms with Crippen molar-refractivity contribution in [1.82, 2.24) is 10.3 Å². The van der Waals surface area contributed by atoms with E-state index < -0.39 is 5.97 Å². The zero-order valence-corrected chi connectivity index (χ0v) is 11.7. The molecule has 0 saturated heterocycles. The smallest absolute Gasteiger partial charge is 0.335 e. The first-order chi connectivity index (χ1) is 10.6. The third kappa shape index (κ3) is 2.83.